The van der Waals surface area contributed by atoms with Gasteiger partial charge < -0.3 is 20.1 Å². The van der Waals surface area contributed by atoms with Crippen molar-refractivity contribution in [2.45, 2.75) is 12.6 Å². The summed E-state index contributed by atoms with van der Waals surface area (Å²) in [6, 6.07) is 9.60. The second-order valence-electron chi connectivity index (χ2n) is 7.02. The Morgan fingerprint density at radius 3 is 2.71 bits per heavy atom. The number of amides is 1. The molecule has 1 unspecified atom stereocenters. The third kappa shape index (κ3) is 4.26. The maximum absolute atomic E-state index is 13.1. The number of carbonyl (C=O) groups is 1. The highest BCUT2D eigenvalue weighted by Crippen LogP contribution is 2.25. The fourth-order valence-corrected chi connectivity index (χ4v) is 3.56. The van der Waals surface area contributed by atoms with Crippen molar-refractivity contribution >= 4 is 5.91 Å². The van der Waals surface area contributed by atoms with Crippen LogP contribution in [0.4, 0.5) is 0 Å². The minimum atomic E-state index is -0.514. The van der Waals surface area contributed by atoms with Crippen molar-refractivity contribution in [3.05, 3.63) is 70.5 Å². The summed E-state index contributed by atoms with van der Waals surface area (Å²) in [6.07, 6.45) is 3.30. The molecule has 2 aromatic heterocycles. The first kappa shape index (κ1) is 20.5. The van der Waals surface area contributed by atoms with Crippen LogP contribution in [0, 0.1) is 0 Å². The third-order valence-electron chi connectivity index (χ3n) is 5.14. The molecule has 0 saturated carbocycles. The van der Waals surface area contributed by atoms with Crippen LogP contribution >= 0.6 is 0 Å². The SMILES string of the molecule is COc1ccc(OC)c(C(=O)NC2CNCCn3c2nc(-c2ccncc2)cc3=O)c1. The van der Waals surface area contributed by atoms with Gasteiger partial charge in [-0.05, 0) is 30.3 Å². The molecule has 3 aromatic rings. The summed E-state index contributed by atoms with van der Waals surface area (Å²) >= 11 is 0. The van der Waals surface area contributed by atoms with E-state index in [9.17, 15) is 9.59 Å². The number of hydrogen-bond donors (Lipinski definition) is 2. The van der Waals surface area contributed by atoms with Gasteiger partial charge in [0.05, 0.1) is 31.5 Å². The van der Waals surface area contributed by atoms with Gasteiger partial charge in [-0.3, -0.25) is 19.1 Å². The van der Waals surface area contributed by atoms with Crippen LogP contribution in [0.5, 0.6) is 11.5 Å². The Balaban J connectivity index is 1.72. The third-order valence-corrected chi connectivity index (χ3v) is 5.14. The van der Waals surface area contributed by atoms with E-state index in [1.165, 1.54) is 20.3 Å². The van der Waals surface area contributed by atoms with Crippen LogP contribution in [0.15, 0.2) is 53.6 Å². The van der Waals surface area contributed by atoms with E-state index in [2.05, 4.69) is 15.6 Å². The molecule has 1 aliphatic rings. The molecule has 9 nitrogen and oxygen atoms in total. The molecule has 1 atom stereocenters. The first-order valence-electron chi connectivity index (χ1n) is 9.86. The van der Waals surface area contributed by atoms with Gasteiger partial charge >= 0.3 is 0 Å². The number of ether oxygens (including phenoxy) is 2. The highest BCUT2D eigenvalue weighted by molar-refractivity contribution is 5.97. The molecular weight excluding hydrogens is 398 g/mol. The molecule has 0 radical (unpaired) electrons. The zero-order valence-corrected chi connectivity index (χ0v) is 17.3. The molecule has 160 valence electrons. The summed E-state index contributed by atoms with van der Waals surface area (Å²) < 4.78 is 12.2. The lowest BCUT2D eigenvalue weighted by molar-refractivity contribution is 0.0931. The normalized spacial score (nSPS) is 15.5. The van der Waals surface area contributed by atoms with Gasteiger partial charge in [0.2, 0.25) is 0 Å². The van der Waals surface area contributed by atoms with Gasteiger partial charge in [-0.1, -0.05) is 0 Å². The molecule has 0 bridgehead atoms. The summed E-state index contributed by atoms with van der Waals surface area (Å²) in [7, 11) is 3.04. The van der Waals surface area contributed by atoms with Gasteiger partial charge in [0.15, 0.2) is 0 Å². The second-order valence-corrected chi connectivity index (χ2v) is 7.02. The van der Waals surface area contributed by atoms with Crippen LogP contribution in [-0.4, -0.2) is 47.8 Å². The topological polar surface area (TPSA) is 107 Å². The Hall–Kier alpha value is -3.72. The Morgan fingerprint density at radius 1 is 1.16 bits per heavy atom. The molecule has 4 rings (SSSR count). The number of pyridine rings is 1. The lowest BCUT2D eigenvalue weighted by atomic mass is 10.1. The minimum absolute atomic E-state index is 0.168. The molecule has 1 aliphatic heterocycles. The van der Waals surface area contributed by atoms with Crippen molar-refractivity contribution < 1.29 is 14.3 Å². The van der Waals surface area contributed by atoms with E-state index in [0.717, 1.165) is 5.56 Å². The average molecular weight is 421 g/mol. The van der Waals surface area contributed by atoms with E-state index in [1.807, 2.05) is 0 Å². The smallest absolute Gasteiger partial charge is 0.255 e. The highest BCUT2D eigenvalue weighted by Gasteiger charge is 2.25. The van der Waals surface area contributed by atoms with E-state index in [1.54, 1.807) is 47.3 Å². The fourth-order valence-electron chi connectivity index (χ4n) is 3.56. The van der Waals surface area contributed by atoms with Gasteiger partial charge in [0.25, 0.3) is 11.5 Å². The Labute approximate surface area is 179 Å². The Bertz CT molecular complexity index is 1150. The quantitative estimate of drug-likeness (QED) is 0.641. The molecule has 2 N–H and O–H groups in total. The fraction of sp³-hybridized carbons (Fsp3) is 0.273. The maximum Gasteiger partial charge on any atom is 0.255 e. The van der Waals surface area contributed by atoms with Crippen LogP contribution in [0.3, 0.4) is 0 Å². The molecule has 0 aliphatic carbocycles. The van der Waals surface area contributed by atoms with Gasteiger partial charge in [-0.15, -0.1) is 0 Å². The summed E-state index contributed by atoms with van der Waals surface area (Å²) in [5.74, 6) is 1.12. The first-order chi connectivity index (χ1) is 15.1. The van der Waals surface area contributed by atoms with Crippen LogP contribution in [0.2, 0.25) is 0 Å². The van der Waals surface area contributed by atoms with Crippen LogP contribution in [-0.2, 0) is 6.54 Å². The van der Waals surface area contributed by atoms with E-state index in [0.29, 0.717) is 48.2 Å². The number of nitrogens with one attached hydrogen (secondary N) is 2. The monoisotopic (exact) mass is 421 g/mol. The van der Waals surface area contributed by atoms with Crippen molar-refractivity contribution in [2.75, 3.05) is 27.3 Å². The van der Waals surface area contributed by atoms with Crippen molar-refractivity contribution in [3.63, 3.8) is 0 Å². The molecule has 0 saturated heterocycles. The zero-order valence-electron chi connectivity index (χ0n) is 17.3. The predicted octanol–water partition coefficient (Wildman–Crippen LogP) is 1.40. The van der Waals surface area contributed by atoms with E-state index in [-0.39, 0.29) is 11.5 Å². The highest BCUT2D eigenvalue weighted by atomic mass is 16.5. The average Bonchev–Trinajstić information content (AvgIpc) is 3.01. The van der Waals surface area contributed by atoms with Gasteiger partial charge in [-0.25, -0.2) is 4.98 Å². The summed E-state index contributed by atoms with van der Waals surface area (Å²) in [6.45, 7) is 1.49. The molecule has 9 heteroatoms. The Kier molecular flexibility index (Phi) is 5.94. The van der Waals surface area contributed by atoms with Crippen molar-refractivity contribution in [1.82, 2.24) is 25.2 Å². The lowest BCUT2D eigenvalue weighted by Crippen LogP contribution is -2.37. The molecule has 0 fully saturated rings. The number of hydrogen-bond acceptors (Lipinski definition) is 7. The molecule has 1 amide bonds. The van der Waals surface area contributed by atoms with Crippen LogP contribution < -0.4 is 25.7 Å². The van der Waals surface area contributed by atoms with Gasteiger partial charge in [-0.2, -0.15) is 0 Å². The summed E-state index contributed by atoms with van der Waals surface area (Å²) in [4.78, 5) is 34.7. The second kappa shape index (κ2) is 8.97. The number of carbonyl (C=O) groups excluding carboxylic acids is 1. The number of fused-ring (bicyclic) bond motifs is 1. The van der Waals surface area contributed by atoms with Crippen molar-refractivity contribution in [2.24, 2.45) is 0 Å². The number of rotatable bonds is 5. The molecule has 3 heterocycles. The largest absolute Gasteiger partial charge is 0.497 e. The van der Waals surface area contributed by atoms with Crippen molar-refractivity contribution in [1.29, 1.82) is 0 Å². The van der Waals surface area contributed by atoms with E-state index < -0.39 is 6.04 Å². The van der Waals surface area contributed by atoms with E-state index >= 15 is 0 Å². The number of nitrogens with zero attached hydrogens (tertiary/aromatic N) is 3. The number of aromatic nitrogens is 3. The molecular formula is C22H23N5O4. The van der Waals surface area contributed by atoms with Gasteiger partial charge in [0, 0.05) is 43.7 Å². The lowest BCUT2D eigenvalue weighted by Gasteiger charge is -2.20. The van der Waals surface area contributed by atoms with E-state index in [4.69, 9.17) is 14.5 Å². The van der Waals surface area contributed by atoms with Crippen LogP contribution in [0.25, 0.3) is 11.3 Å². The maximum atomic E-state index is 13.1. The van der Waals surface area contributed by atoms with Crippen LogP contribution in [0.1, 0.15) is 22.2 Å². The predicted molar refractivity (Wildman–Crippen MR) is 114 cm³/mol. The first-order valence-corrected chi connectivity index (χ1v) is 9.86. The molecule has 0 spiro atoms. The van der Waals surface area contributed by atoms with Crippen molar-refractivity contribution in [3.8, 4) is 22.8 Å². The molecule has 1 aromatic carbocycles. The molecule has 31 heavy (non-hydrogen) atoms. The zero-order chi connectivity index (χ0) is 21.8. The number of methoxy groups -OCH3 is 2. The standard InChI is InChI=1S/C22H23N5O4/c1-30-15-3-4-19(31-2)16(11-15)22(29)26-18-13-24-9-10-27-20(28)12-17(25-21(18)27)14-5-7-23-8-6-14/h3-8,11-12,18,24H,9-10,13H2,1-2H3,(H,26,29). The number of benzene rings is 1. The minimum Gasteiger partial charge on any atom is -0.497 e. The summed E-state index contributed by atoms with van der Waals surface area (Å²) in [5.41, 5.74) is 1.50. The Morgan fingerprint density at radius 2 is 1.97 bits per heavy atom. The van der Waals surface area contributed by atoms with Gasteiger partial charge in [0.1, 0.15) is 17.3 Å². The summed E-state index contributed by atoms with van der Waals surface area (Å²) in [5, 5.41) is 6.25.